The Morgan fingerprint density at radius 2 is 1.93 bits per heavy atom. The maximum atomic E-state index is 12.8. The van der Waals surface area contributed by atoms with E-state index in [4.69, 9.17) is 4.74 Å². The highest BCUT2D eigenvalue weighted by Crippen LogP contribution is 2.29. The summed E-state index contributed by atoms with van der Waals surface area (Å²) in [6.45, 7) is 3.60. The number of nitrogens with zero attached hydrogens (tertiary/aromatic N) is 4. The molecule has 29 heavy (non-hydrogen) atoms. The van der Waals surface area contributed by atoms with Crippen molar-refractivity contribution in [2.75, 3.05) is 20.2 Å². The van der Waals surface area contributed by atoms with Gasteiger partial charge in [-0.2, -0.15) is 0 Å². The minimum Gasteiger partial charge on any atom is -0.497 e. The minimum absolute atomic E-state index is 0.214. The zero-order valence-corrected chi connectivity index (χ0v) is 16.9. The first-order valence-electron chi connectivity index (χ1n) is 10.0. The van der Waals surface area contributed by atoms with Crippen LogP contribution >= 0.6 is 0 Å². The number of carbonyl (C=O) groups is 1. The van der Waals surface area contributed by atoms with E-state index in [1.807, 2.05) is 47.5 Å². The molecule has 1 saturated heterocycles. The van der Waals surface area contributed by atoms with Gasteiger partial charge in [0, 0.05) is 49.4 Å². The number of hydrogen-bond donors (Lipinski definition) is 0. The first-order chi connectivity index (χ1) is 14.2. The van der Waals surface area contributed by atoms with Crippen LogP contribution in [0, 0.1) is 6.92 Å². The summed E-state index contributed by atoms with van der Waals surface area (Å²) in [7, 11) is 1.66. The zero-order chi connectivity index (χ0) is 20.2. The predicted molar refractivity (Wildman–Crippen MR) is 112 cm³/mol. The molecular formula is C23H26N4O2. The number of ether oxygens (including phenoxy) is 1. The molecule has 0 aliphatic carbocycles. The number of pyridine rings is 1. The third kappa shape index (κ3) is 4.16. The van der Waals surface area contributed by atoms with Crippen LogP contribution in [0.4, 0.5) is 0 Å². The summed E-state index contributed by atoms with van der Waals surface area (Å²) in [5, 5.41) is 0. The van der Waals surface area contributed by atoms with Gasteiger partial charge < -0.3 is 14.2 Å². The van der Waals surface area contributed by atoms with E-state index >= 15 is 0 Å². The molecule has 2 aromatic heterocycles. The van der Waals surface area contributed by atoms with Gasteiger partial charge in [-0.1, -0.05) is 12.1 Å². The Morgan fingerprint density at radius 1 is 1.17 bits per heavy atom. The van der Waals surface area contributed by atoms with Gasteiger partial charge in [-0.3, -0.25) is 9.78 Å². The second-order valence-corrected chi connectivity index (χ2v) is 7.46. The molecule has 4 rings (SSSR count). The molecule has 3 aromatic rings. The fraction of sp³-hybridized carbons (Fsp3) is 0.348. The lowest BCUT2D eigenvalue weighted by Crippen LogP contribution is -2.29. The Morgan fingerprint density at radius 3 is 2.66 bits per heavy atom. The van der Waals surface area contributed by atoms with Crippen LogP contribution in [-0.2, 0) is 11.2 Å². The van der Waals surface area contributed by atoms with Gasteiger partial charge in [0.25, 0.3) is 0 Å². The lowest BCUT2D eigenvalue weighted by Gasteiger charge is -2.20. The van der Waals surface area contributed by atoms with Crippen molar-refractivity contribution < 1.29 is 9.53 Å². The molecule has 0 N–H and O–H groups in total. The van der Waals surface area contributed by atoms with Crippen LogP contribution in [0.3, 0.4) is 0 Å². The van der Waals surface area contributed by atoms with Crippen molar-refractivity contribution in [3.05, 3.63) is 66.2 Å². The molecule has 1 amide bonds. The van der Waals surface area contributed by atoms with Gasteiger partial charge in [0.15, 0.2) is 0 Å². The number of methoxy groups -OCH3 is 1. The molecular weight excluding hydrogens is 364 g/mol. The molecule has 0 saturated carbocycles. The van der Waals surface area contributed by atoms with E-state index in [1.54, 1.807) is 19.5 Å². The Kier molecular flexibility index (Phi) is 5.60. The third-order valence-corrected chi connectivity index (χ3v) is 5.59. The van der Waals surface area contributed by atoms with Gasteiger partial charge in [-0.15, -0.1) is 0 Å². The summed E-state index contributed by atoms with van der Waals surface area (Å²) in [5.41, 5.74) is 3.33. The monoisotopic (exact) mass is 390 g/mol. The summed E-state index contributed by atoms with van der Waals surface area (Å²) >= 11 is 0. The topological polar surface area (TPSA) is 60.2 Å². The number of rotatable bonds is 6. The highest BCUT2D eigenvalue weighted by molar-refractivity contribution is 5.76. The third-order valence-electron chi connectivity index (χ3n) is 5.59. The van der Waals surface area contributed by atoms with Crippen LogP contribution < -0.4 is 4.74 Å². The van der Waals surface area contributed by atoms with Crippen LogP contribution in [0.1, 0.15) is 30.1 Å². The van der Waals surface area contributed by atoms with Crippen molar-refractivity contribution >= 4 is 5.91 Å². The van der Waals surface area contributed by atoms with Crippen LogP contribution in [-0.4, -0.2) is 45.5 Å². The van der Waals surface area contributed by atoms with E-state index in [9.17, 15) is 4.79 Å². The summed E-state index contributed by atoms with van der Waals surface area (Å²) in [6.07, 6.45) is 7.70. The Labute approximate surface area is 171 Å². The van der Waals surface area contributed by atoms with Gasteiger partial charge in [-0.25, -0.2) is 4.98 Å². The first-order valence-corrected chi connectivity index (χ1v) is 10.0. The maximum absolute atomic E-state index is 12.8. The van der Waals surface area contributed by atoms with Crippen molar-refractivity contribution in [2.45, 2.75) is 32.2 Å². The number of imidazole rings is 1. The summed E-state index contributed by atoms with van der Waals surface area (Å²) in [4.78, 5) is 23.5. The van der Waals surface area contributed by atoms with E-state index < -0.39 is 0 Å². The molecule has 150 valence electrons. The van der Waals surface area contributed by atoms with Crippen molar-refractivity contribution in [3.63, 3.8) is 0 Å². The fourth-order valence-corrected chi connectivity index (χ4v) is 4.00. The Hall–Kier alpha value is -3.15. The Balaban J connectivity index is 1.40. The molecule has 6 nitrogen and oxygen atoms in total. The summed E-state index contributed by atoms with van der Waals surface area (Å²) < 4.78 is 7.46. The molecule has 0 bridgehead atoms. The summed E-state index contributed by atoms with van der Waals surface area (Å²) in [5.74, 6) is 2.00. The average molecular weight is 390 g/mol. The van der Waals surface area contributed by atoms with E-state index in [0.29, 0.717) is 6.42 Å². The number of likely N-dealkylation sites (tertiary alicyclic amines) is 1. The van der Waals surface area contributed by atoms with E-state index in [1.165, 1.54) is 0 Å². The molecule has 0 spiro atoms. The van der Waals surface area contributed by atoms with Crippen molar-refractivity contribution in [1.82, 2.24) is 19.4 Å². The van der Waals surface area contributed by atoms with Gasteiger partial charge in [-0.05, 0) is 49.6 Å². The maximum Gasteiger partial charge on any atom is 0.222 e. The van der Waals surface area contributed by atoms with Crippen molar-refractivity contribution in [2.24, 2.45) is 0 Å². The summed E-state index contributed by atoms with van der Waals surface area (Å²) in [6, 6.07) is 12.1. The lowest BCUT2D eigenvalue weighted by molar-refractivity contribution is -0.130. The number of carbonyl (C=O) groups excluding carboxylic acids is 1. The molecule has 1 unspecified atom stereocenters. The Bertz CT molecular complexity index is 966. The molecule has 3 heterocycles. The van der Waals surface area contributed by atoms with Crippen LogP contribution in [0.5, 0.6) is 5.75 Å². The minimum atomic E-state index is 0.214. The molecule has 0 radical (unpaired) electrons. The molecule has 6 heteroatoms. The van der Waals surface area contributed by atoms with Gasteiger partial charge in [0.2, 0.25) is 5.91 Å². The predicted octanol–water partition coefficient (Wildman–Crippen LogP) is 3.67. The van der Waals surface area contributed by atoms with Crippen molar-refractivity contribution in [3.8, 4) is 17.1 Å². The van der Waals surface area contributed by atoms with Gasteiger partial charge >= 0.3 is 0 Å². The number of aryl methyl sites for hydroxylation is 2. The van der Waals surface area contributed by atoms with Crippen LogP contribution in [0.15, 0.2) is 55.0 Å². The molecule has 1 aliphatic heterocycles. The van der Waals surface area contributed by atoms with Crippen LogP contribution in [0.2, 0.25) is 0 Å². The zero-order valence-electron chi connectivity index (χ0n) is 16.9. The van der Waals surface area contributed by atoms with E-state index in [-0.39, 0.29) is 11.9 Å². The van der Waals surface area contributed by atoms with E-state index in [2.05, 4.69) is 21.5 Å². The standard InChI is InChI=1S/C23H26N4O2/c1-17-15-25-23(19-9-12-24-13-10-19)27(17)20-11-14-26(16-20)22(28)8-5-18-3-6-21(29-2)7-4-18/h3-4,6-7,9-10,12-13,15,20H,5,8,11,14,16H2,1-2H3. The van der Waals surface area contributed by atoms with Crippen molar-refractivity contribution in [1.29, 1.82) is 0 Å². The number of benzene rings is 1. The number of amides is 1. The smallest absolute Gasteiger partial charge is 0.222 e. The normalized spacial score (nSPS) is 16.2. The fourth-order valence-electron chi connectivity index (χ4n) is 4.00. The van der Waals surface area contributed by atoms with Crippen LogP contribution in [0.25, 0.3) is 11.4 Å². The highest BCUT2D eigenvalue weighted by Gasteiger charge is 2.29. The molecule has 1 aromatic carbocycles. The average Bonchev–Trinajstić information content (AvgIpc) is 3.39. The lowest BCUT2D eigenvalue weighted by atomic mass is 10.1. The van der Waals surface area contributed by atoms with Gasteiger partial charge in [0.05, 0.1) is 13.2 Å². The molecule has 1 atom stereocenters. The number of aromatic nitrogens is 3. The first kappa shape index (κ1) is 19.2. The largest absolute Gasteiger partial charge is 0.497 e. The molecule has 1 aliphatic rings. The SMILES string of the molecule is COc1ccc(CCC(=O)N2CCC(n3c(C)cnc3-c3ccncc3)C2)cc1. The van der Waals surface area contributed by atoms with E-state index in [0.717, 1.165) is 54.3 Å². The highest BCUT2D eigenvalue weighted by atomic mass is 16.5. The quantitative estimate of drug-likeness (QED) is 0.644. The second-order valence-electron chi connectivity index (χ2n) is 7.46. The number of hydrogen-bond acceptors (Lipinski definition) is 4. The van der Waals surface area contributed by atoms with Gasteiger partial charge in [0.1, 0.15) is 11.6 Å². The molecule has 1 fully saturated rings. The second kappa shape index (κ2) is 8.47.